The third-order valence-electron chi connectivity index (χ3n) is 20.2. The molecule has 1 aliphatic heterocycles. The molecule has 0 radical (unpaired) electrons. The Morgan fingerprint density at radius 3 is 1.11 bits per heavy atom. The molecule has 7 N–H and O–H groups in total. The number of phenolic OH excluding ortho intramolecular Hbond substituents is 2. The molecule has 0 fully saturated rings. The van der Waals surface area contributed by atoms with Crippen LogP contribution in [0.4, 0.5) is 17.3 Å². The number of hydrogen-bond acceptors (Lipinski definition) is 37. The number of rotatable bonds is 83. The second-order valence-electron chi connectivity index (χ2n) is 30.0. The number of nitro groups is 2. The number of benzene rings is 4. The number of aromatic nitrogens is 4. The summed E-state index contributed by atoms with van der Waals surface area (Å²) in [7, 11) is 1.60. The maximum absolute atomic E-state index is 14.2. The highest BCUT2D eigenvalue weighted by molar-refractivity contribution is 7.80. The highest BCUT2D eigenvalue weighted by Gasteiger charge is 2.52. The molecule has 2 aliphatic rings. The molecule has 0 atom stereocenters. The van der Waals surface area contributed by atoms with Gasteiger partial charge in [-0.3, -0.25) is 14.4 Å². The van der Waals surface area contributed by atoms with Crippen molar-refractivity contribution < 1.29 is 153 Å². The maximum atomic E-state index is 14.2. The van der Waals surface area contributed by atoms with Crippen molar-refractivity contribution in [2.75, 3.05) is 316 Å². The van der Waals surface area contributed by atoms with Crippen molar-refractivity contribution in [3.05, 3.63) is 150 Å². The number of imidazole rings is 2. The Bertz CT molecular complexity index is 4290. The monoisotopic (exact) mass is 1960 g/mol. The van der Waals surface area contributed by atoms with E-state index in [4.69, 9.17) is 126 Å². The predicted octanol–water partition coefficient (Wildman–Crippen LogP) is 4.91. The number of methoxy groups -OCH3 is 1. The molecule has 0 saturated carbocycles. The minimum Gasteiger partial charge on any atom is -0.508 e. The molecular weight excluding hydrogens is 1820 g/mol. The largest absolute Gasteiger partial charge is 0.508 e. The molecule has 0 unspecified atom stereocenters. The average Bonchev–Trinajstić information content (AvgIpc) is 1.56. The van der Waals surface area contributed by atoms with Crippen molar-refractivity contribution in [1.29, 1.82) is 0 Å². The van der Waals surface area contributed by atoms with Crippen LogP contribution in [-0.2, 0) is 134 Å². The standard InChI is InChI=1S/C91H133N11O34S/c1-69-96-67-85(101(109)110)99(69)17-15-92-83(105)11-19-114-23-25-117-29-31-120-33-35-122-37-39-124-41-43-126-45-47-128-49-52-130-55-58-133-81-64-73(88(107)94-13-4-14-95-90(137)98-74-5-8-80-77(66-74)89(108)136-91(80)78-9-6-75(103)62-71(78)61-72-63-76(104)7-10-79(72)91)65-82(87(81)135-60-57-132-54-51-119-28-27-116-22-21-113-3)134-59-56-131-53-50-129-48-46-127-44-42-125-40-38-123-36-34-121-32-30-118-26-24-115-20-12-84(106)93-16-18-100-70(2)97-68-86(100)102(111)112/h5-10,62-68,103-104H,4,11-61H2,1-3H3,(H,92,105)(H,93,106)(H,94,107)(H2,95,98,137). The van der Waals surface area contributed by atoms with Crippen LogP contribution in [0.2, 0.25) is 0 Å². The Labute approximate surface area is 801 Å². The molecule has 3 heterocycles. The van der Waals surface area contributed by atoms with Crippen LogP contribution in [-0.4, -0.2) is 379 Å². The molecule has 2 aromatic heterocycles. The summed E-state index contributed by atoms with van der Waals surface area (Å²) >= 11 is 5.69. The first-order chi connectivity index (χ1) is 67.0. The second-order valence-corrected chi connectivity index (χ2v) is 30.4. The summed E-state index contributed by atoms with van der Waals surface area (Å²) in [4.78, 5) is 81.4. The smallest absolute Gasteiger partial charge is 0.342 e. The number of fused-ring (bicyclic) bond motifs is 6. The van der Waals surface area contributed by atoms with Crippen LogP contribution in [0.5, 0.6) is 28.7 Å². The van der Waals surface area contributed by atoms with E-state index in [0.29, 0.717) is 251 Å². The van der Waals surface area contributed by atoms with Crippen LogP contribution in [0.25, 0.3) is 0 Å². The van der Waals surface area contributed by atoms with E-state index in [1.54, 1.807) is 81.6 Å². The van der Waals surface area contributed by atoms with Crippen molar-refractivity contribution >= 4 is 58.3 Å². The lowest BCUT2D eigenvalue weighted by Gasteiger charge is -2.37. The van der Waals surface area contributed by atoms with Gasteiger partial charge in [0.15, 0.2) is 33.9 Å². The number of ether oxygens (including phenoxy) is 24. The van der Waals surface area contributed by atoms with E-state index in [2.05, 4.69) is 36.6 Å². The van der Waals surface area contributed by atoms with Gasteiger partial charge in [0.1, 0.15) is 56.8 Å². The van der Waals surface area contributed by atoms with E-state index in [-0.39, 0.29) is 194 Å². The summed E-state index contributed by atoms with van der Waals surface area (Å²) in [6.45, 7) is 17.8. The number of thiocarbonyl (C=S) groups is 1. The van der Waals surface area contributed by atoms with E-state index >= 15 is 0 Å². The number of hydrogen-bond donors (Lipinski definition) is 7. The summed E-state index contributed by atoms with van der Waals surface area (Å²) in [5.74, 6) is 0.0229. The third kappa shape index (κ3) is 43.0. The Morgan fingerprint density at radius 1 is 0.423 bits per heavy atom. The van der Waals surface area contributed by atoms with Gasteiger partial charge < -0.3 is 171 Å². The van der Waals surface area contributed by atoms with Crippen molar-refractivity contribution in [2.24, 2.45) is 0 Å². The molecule has 1 aliphatic carbocycles. The van der Waals surface area contributed by atoms with Crippen LogP contribution >= 0.6 is 12.2 Å². The number of nitrogens with one attached hydrogen (secondary N) is 5. The van der Waals surface area contributed by atoms with Crippen LogP contribution in [0.3, 0.4) is 0 Å². The summed E-state index contributed by atoms with van der Waals surface area (Å²) in [5, 5.41) is 58.2. The molecule has 1 spiro atoms. The lowest BCUT2D eigenvalue weighted by molar-refractivity contribution is -0.392. The van der Waals surface area contributed by atoms with E-state index in [1.165, 1.54) is 21.5 Å². The van der Waals surface area contributed by atoms with Crippen molar-refractivity contribution in [2.45, 2.75) is 58.2 Å². The molecule has 8 rings (SSSR count). The maximum Gasteiger partial charge on any atom is 0.342 e. The second kappa shape index (κ2) is 68.0. The zero-order valence-corrected chi connectivity index (χ0v) is 79.1. The van der Waals surface area contributed by atoms with Crippen molar-refractivity contribution in [1.82, 2.24) is 40.4 Å². The van der Waals surface area contributed by atoms with Gasteiger partial charge in [-0.2, -0.15) is 0 Å². The lowest BCUT2D eigenvalue weighted by atomic mass is 9.71. The van der Waals surface area contributed by atoms with Gasteiger partial charge >= 0.3 is 17.6 Å². The van der Waals surface area contributed by atoms with Crippen molar-refractivity contribution in [3.8, 4) is 28.7 Å². The number of carbonyl (C=O) groups is 4. The number of esters is 1. The summed E-state index contributed by atoms with van der Waals surface area (Å²) < 4.78 is 140. The zero-order chi connectivity index (χ0) is 97.4. The Morgan fingerprint density at radius 2 is 0.752 bits per heavy atom. The quantitative estimate of drug-likeness (QED) is 0.00876. The number of carbonyl (C=O) groups excluding carboxylic acids is 4. The average molecular weight is 1960 g/mol. The van der Waals surface area contributed by atoms with Gasteiger partial charge in [-0.25, -0.2) is 23.9 Å². The van der Waals surface area contributed by atoms with Crippen molar-refractivity contribution in [3.63, 3.8) is 0 Å². The molecule has 762 valence electrons. The molecule has 46 heteroatoms. The van der Waals surface area contributed by atoms with E-state index in [1.807, 2.05) is 6.07 Å². The zero-order valence-electron chi connectivity index (χ0n) is 78.3. The topological polar surface area (TPSA) is 512 Å². The number of anilines is 1. The van der Waals surface area contributed by atoms with E-state index in [0.717, 1.165) is 11.1 Å². The first kappa shape index (κ1) is 112. The molecule has 0 saturated heterocycles. The van der Waals surface area contributed by atoms with Gasteiger partial charge in [0.05, 0.1) is 276 Å². The number of amides is 3. The fourth-order valence-electron chi connectivity index (χ4n) is 13.5. The number of phenols is 2. The SMILES string of the molecule is COCCOCCOCCOCCOc1c(OCCOCCOCCOCCOCCOCCOCCOCCOCCC(=O)NCCn2c([N+](=O)[O-])cnc2C)cc(C(=O)NCCCNC(=S)Nc2ccc3c(c2)C(=O)OC32c3ccc(O)cc3Cc3cc(O)ccc32)cc1OCCOCCOCCOCCOCCOCCOCCOCCOCCC(=O)NCCn1c([N+](=O)[O-])cnc1C. The van der Waals surface area contributed by atoms with Gasteiger partial charge in [-0.15, -0.1) is 0 Å². The van der Waals surface area contributed by atoms with Crippen LogP contribution in [0.1, 0.15) is 79.4 Å². The van der Waals surface area contributed by atoms with Gasteiger partial charge in [-0.05, 0) is 94.6 Å². The Balaban J connectivity index is 0.701. The normalized spacial score (nSPS) is 12.3. The van der Waals surface area contributed by atoms with Gasteiger partial charge in [0.25, 0.3) is 5.91 Å². The first-order valence-corrected chi connectivity index (χ1v) is 46.1. The molecule has 45 nitrogen and oxygen atoms in total. The Hall–Kier alpha value is -10.1. The fourth-order valence-corrected chi connectivity index (χ4v) is 13.8. The van der Waals surface area contributed by atoms with Gasteiger partial charge in [0, 0.05) is 74.8 Å². The molecule has 137 heavy (non-hydrogen) atoms. The van der Waals surface area contributed by atoms with Crippen LogP contribution in [0, 0.1) is 34.1 Å². The Kier molecular flexibility index (Phi) is 55.7. The minimum absolute atomic E-state index is 0.0443. The summed E-state index contributed by atoms with van der Waals surface area (Å²) in [5.41, 5.74) is 3.28. The van der Waals surface area contributed by atoms with Crippen LogP contribution in [0.15, 0.2) is 79.1 Å². The van der Waals surface area contributed by atoms with Gasteiger partial charge in [0.2, 0.25) is 17.6 Å². The molecule has 3 amide bonds. The first-order valence-electron chi connectivity index (χ1n) is 45.7. The van der Waals surface area contributed by atoms with E-state index < -0.39 is 27.3 Å². The van der Waals surface area contributed by atoms with Gasteiger partial charge in [-0.1, -0.05) is 18.2 Å². The molecule has 0 bridgehead atoms. The molecular formula is C91H133N11O34S. The molecule has 6 aromatic rings. The number of nitrogens with zero attached hydrogens (tertiary/aromatic N) is 6. The summed E-state index contributed by atoms with van der Waals surface area (Å²) in [6, 6.07) is 18.3. The lowest BCUT2D eigenvalue weighted by Crippen LogP contribution is -2.35. The van der Waals surface area contributed by atoms with E-state index in [9.17, 15) is 49.6 Å². The fraction of sp³-hybridized carbons (Fsp3) is 0.615. The number of aryl methyl sites for hydroxylation is 2. The minimum atomic E-state index is -1.31. The van der Waals surface area contributed by atoms with Crippen LogP contribution < -0.4 is 40.8 Å². The third-order valence-corrected chi connectivity index (χ3v) is 20.4. The predicted molar refractivity (Wildman–Crippen MR) is 495 cm³/mol. The highest BCUT2D eigenvalue weighted by atomic mass is 32.1. The summed E-state index contributed by atoms with van der Waals surface area (Å²) in [6.07, 6.45) is 3.52. The number of aromatic hydroxyl groups is 2. The highest BCUT2D eigenvalue weighted by Crippen LogP contribution is 2.53. The molecule has 4 aromatic carbocycles.